The summed E-state index contributed by atoms with van der Waals surface area (Å²) in [6.07, 6.45) is 5.68. The van der Waals surface area contributed by atoms with Gasteiger partial charge in [0.15, 0.2) is 0 Å². The van der Waals surface area contributed by atoms with Gasteiger partial charge in [0.25, 0.3) is 0 Å². The highest BCUT2D eigenvalue weighted by Gasteiger charge is 2.17. The molecule has 3 aromatic rings. The van der Waals surface area contributed by atoms with E-state index in [-0.39, 0.29) is 0 Å². The summed E-state index contributed by atoms with van der Waals surface area (Å²) >= 11 is 0. The predicted molar refractivity (Wildman–Crippen MR) is 115 cm³/mol. The monoisotopic (exact) mass is 394 g/mol. The molecule has 7 heteroatoms. The SMILES string of the molecule is CCN1CCN(CCOc2ccccc2-c2nccn2-c2cnn(C)c2C)CC1. The zero-order valence-corrected chi connectivity index (χ0v) is 17.6. The largest absolute Gasteiger partial charge is 0.491 e. The quantitative estimate of drug-likeness (QED) is 0.617. The number of piperazine rings is 1. The van der Waals surface area contributed by atoms with Crippen LogP contribution in [0.4, 0.5) is 0 Å². The molecule has 0 unspecified atom stereocenters. The summed E-state index contributed by atoms with van der Waals surface area (Å²) in [5.74, 6) is 1.74. The first-order chi connectivity index (χ1) is 14.2. The van der Waals surface area contributed by atoms with Gasteiger partial charge >= 0.3 is 0 Å². The van der Waals surface area contributed by atoms with Crippen molar-refractivity contribution in [1.82, 2.24) is 29.1 Å². The van der Waals surface area contributed by atoms with Crippen LogP contribution < -0.4 is 4.74 Å². The summed E-state index contributed by atoms with van der Waals surface area (Å²) in [5.41, 5.74) is 3.12. The number of likely N-dealkylation sites (N-methyl/N-ethyl adjacent to an activating group) is 1. The molecule has 1 aliphatic heterocycles. The van der Waals surface area contributed by atoms with Gasteiger partial charge in [0.1, 0.15) is 18.2 Å². The van der Waals surface area contributed by atoms with E-state index in [1.807, 2.05) is 48.5 Å². The molecule has 0 bridgehead atoms. The first-order valence-corrected chi connectivity index (χ1v) is 10.4. The van der Waals surface area contributed by atoms with E-state index in [0.29, 0.717) is 6.61 Å². The van der Waals surface area contributed by atoms with Gasteiger partial charge in [0, 0.05) is 52.2 Å². The van der Waals surface area contributed by atoms with Crippen molar-refractivity contribution in [3.63, 3.8) is 0 Å². The number of benzene rings is 1. The maximum atomic E-state index is 6.21. The van der Waals surface area contributed by atoms with Gasteiger partial charge < -0.3 is 9.64 Å². The van der Waals surface area contributed by atoms with E-state index in [1.54, 1.807) is 0 Å². The Kier molecular flexibility index (Phi) is 5.97. The Hall–Kier alpha value is -2.64. The Morgan fingerprint density at radius 3 is 2.55 bits per heavy atom. The number of hydrogen-bond donors (Lipinski definition) is 0. The van der Waals surface area contributed by atoms with Crippen molar-refractivity contribution in [2.45, 2.75) is 13.8 Å². The Morgan fingerprint density at radius 2 is 1.83 bits per heavy atom. The lowest BCUT2D eigenvalue weighted by Gasteiger charge is -2.33. The van der Waals surface area contributed by atoms with E-state index >= 15 is 0 Å². The van der Waals surface area contributed by atoms with Gasteiger partial charge in [-0.3, -0.25) is 14.1 Å². The molecule has 0 N–H and O–H groups in total. The topological polar surface area (TPSA) is 51.4 Å². The van der Waals surface area contributed by atoms with E-state index in [1.165, 1.54) is 0 Å². The minimum absolute atomic E-state index is 0.676. The Labute approximate surface area is 172 Å². The second-order valence-electron chi connectivity index (χ2n) is 7.48. The van der Waals surface area contributed by atoms with Crippen molar-refractivity contribution in [2.75, 3.05) is 45.9 Å². The smallest absolute Gasteiger partial charge is 0.148 e. The molecule has 0 spiro atoms. The van der Waals surface area contributed by atoms with Gasteiger partial charge in [-0.2, -0.15) is 5.10 Å². The van der Waals surface area contributed by atoms with Crippen molar-refractivity contribution in [3.8, 4) is 22.8 Å². The molecule has 154 valence electrons. The van der Waals surface area contributed by atoms with Crippen molar-refractivity contribution >= 4 is 0 Å². The lowest BCUT2D eigenvalue weighted by molar-refractivity contribution is 0.121. The maximum Gasteiger partial charge on any atom is 0.148 e. The average Bonchev–Trinajstić information content (AvgIpc) is 3.36. The Bertz CT molecular complexity index is 938. The molecule has 1 saturated heterocycles. The molecule has 29 heavy (non-hydrogen) atoms. The van der Waals surface area contributed by atoms with Gasteiger partial charge in [0.05, 0.1) is 23.1 Å². The third-order valence-corrected chi connectivity index (χ3v) is 5.81. The van der Waals surface area contributed by atoms with Crippen LogP contribution in [0, 0.1) is 6.92 Å². The van der Waals surface area contributed by atoms with Crippen LogP contribution in [-0.4, -0.2) is 75.0 Å². The third kappa shape index (κ3) is 4.21. The minimum atomic E-state index is 0.676. The highest BCUT2D eigenvalue weighted by atomic mass is 16.5. The molecular weight excluding hydrogens is 364 g/mol. The molecule has 0 aliphatic carbocycles. The molecule has 3 heterocycles. The molecule has 1 aromatic carbocycles. The van der Waals surface area contributed by atoms with E-state index in [9.17, 15) is 0 Å². The van der Waals surface area contributed by atoms with E-state index < -0.39 is 0 Å². The molecule has 7 nitrogen and oxygen atoms in total. The predicted octanol–water partition coefficient (Wildman–Crippen LogP) is 2.60. The summed E-state index contributed by atoms with van der Waals surface area (Å²) in [6, 6.07) is 8.14. The maximum absolute atomic E-state index is 6.21. The summed E-state index contributed by atoms with van der Waals surface area (Å²) in [7, 11) is 1.95. The van der Waals surface area contributed by atoms with Crippen LogP contribution in [0.15, 0.2) is 42.9 Å². The molecule has 0 amide bonds. The fraction of sp³-hybridized carbons (Fsp3) is 0.455. The summed E-state index contributed by atoms with van der Waals surface area (Å²) in [5, 5.41) is 4.37. The van der Waals surface area contributed by atoms with Gasteiger partial charge in [-0.25, -0.2) is 4.98 Å². The lowest BCUT2D eigenvalue weighted by atomic mass is 10.2. The Balaban J connectivity index is 1.47. The Morgan fingerprint density at radius 1 is 1.07 bits per heavy atom. The first-order valence-electron chi connectivity index (χ1n) is 10.4. The van der Waals surface area contributed by atoms with Crippen molar-refractivity contribution in [1.29, 1.82) is 0 Å². The van der Waals surface area contributed by atoms with Gasteiger partial charge in [-0.15, -0.1) is 0 Å². The lowest BCUT2D eigenvalue weighted by Crippen LogP contribution is -2.47. The van der Waals surface area contributed by atoms with Crippen LogP contribution in [0.3, 0.4) is 0 Å². The fourth-order valence-corrected chi connectivity index (χ4v) is 3.81. The van der Waals surface area contributed by atoms with Gasteiger partial charge in [-0.1, -0.05) is 19.1 Å². The normalized spacial score (nSPS) is 15.7. The molecule has 0 radical (unpaired) electrons. The minimum Gasteiger partial charge on any atom is -0.491 e. The highest BCUT2D eigenvalue weighted by Crippen LogP contribution is 2.31. The number of nitrogens with zero attached hydrogens (tertiary/aromatic N) is 6. The molecular formula is C22H30N6O. The van der Waals surface area contributed by atoms with Crippen LogP contribution in [-0.2, 0) is 7.05 Å². The third-order valence-electron chi connectivity index (χ3n) is 5.81. The summed E-state index contributed by atoms with van der Waals surface area (Å²) in [4.78, 5) is 9.59. The van der Waals surface area contributed by atoms with Crippen molar-refractivity contribution in [3.05, 3.63) is 48.5 Å². The zero-order valence-electron chi connectivity index (χ0n) is 17.6. The zero-order chi connectivity index (χ0) is 20.2. The highest BCUT2D eigenvalue weighted by molar-refractivity contribution is 5.66. The van der Waals surface area contributed by atoms with Crippen LogP contribution in [0.2, 0.25) is 0 Å². The van der Waals surface area contributed by atoms with E-state index in [4.69, 9.17) is 4.74 Å². The number of para-hydroxylation sites is 1. The molecule has 0 saturated carbocycles. The van der Waals surface area contributed by atoms with Crippen molar-refractivity contribution < 1.29 is 4.74 Å². The van der Waals surface area contributed by atoms with Crippen molar-refractivity contribution in [2.24, 2.45) is 7.05 Å². The molecule has 4 rings (SSSR count). The number of aryl methyl sites for hydroxylation is 1. The number of hydrogen-bond acceptors (Lipinski definition) is 5. The van der Waals surface area contributed by atoms with E-state index in [0.717, 1.165) is 67.8 Å². The average molecular weight is 395 g/mol. The number of imidazole rings is 1. The van der Waals surface area contributed by atoms with Crippen LogP contribution >= 0.6 is 0 Å². The first kappa shape index (κ1) is 19.7. The van der Waals surface area contributed by atoms with E-state index in [2.05, 4.69) is 44.4 Å². The van der Waals surface area contributed by atoms with Gasteiger partial charge in [-0.05, 0) is 25.6 Å². The van der Waals surface area contributed by atoms with Crippen LogP contribution in [0.1, 0.15) is 12.6 Å². The number of ether oxygens (including phenoxy) is 1. The second-order valence-corrected chi connectivity index (χ2v) is 7.48. The summed E-state index contributed by atoms with van der Waals surface area (Å²) in [6.45, 7) is 11.6. The molecule has 1 fully saturated rings. The summed E-state index contributed by atoms with van der Waals surface area (Å²) < 4.78 is 10.2. The van der Waals surface area contributed by atoms with Crippen LogP contribution in [0.25, 0.3) is 17.1 Å². The van der Waals surface area contributed by atoms with Gasteiger partial charge in [0.2, 0.25) is 0 Å². The standard InChI is InChI=1S/C22H30N6O/c1-4-26-11-13-27(14-12-26)15-16-29-21-8-6-5-7-19(21)22-23-9-10-28(22)20-17-24-25(3)18(20)2/h5-10,17H,4,11-16H2,1-3H3. The fourth-order valence-electron chi connectivity index (χ4n) is 3.81. The second kappa shape index (κ2) is 8.80. The molecule has 0 atom stereocenters. The number of rotatable bonds is 7. The number of aromatic nitrogens is 4. The molecule has 2 aromatic heterocycles. The molecule has 1 aliphatic rings. The van der Waals surface area contributed by atoms with Crippen LogP contribution in [0.5, 0.6) is 5.75 Å².